The number of rotatable bonds is 3. The monoisotopic (exact) mass is 401 g/mol. The van der Waals surface area contributed by atoms with E-state index in [0.29, 0.717) is 23.8 Å². The van der Waals surface area contributed by atoms with Crippen molar-refractivity contribution in [3.8, 4) is 0 Å². The van der Waals surface area contributed by atoms with Crippen molar-refractivity contribution in [3.63, 3.8) is 0 Å². The minimum atomic E-state index is -3.36. The Morgan fingerprint density at radius 2 is 1.96 bits per heavy atom. The van der Waals surface area contributed by atoms with E-state index >= 15 is 0 Å². The van der Waals surface area contributed by atoms with E-state index in [1.165, 1.54) is 0 Å². The van der Waals surface area contributed by atoms with Crippen LogP contribution in [0.3, 0.4) is 0 Å². The molecule has 8 nitrogen and oxygen atoms in total. The molecular weight excluding hydrogens is 378 g/mol. The van der Waals surface area contributed by atoms with E-state index in [-0.39, 0.29) is 30.3 Å². The number of urea groups is 1. The number of nitrogens with one attached hydrogen (secondary N) is 2. The topological polar surface area (TPSA) is 104 Å². The summed E-state index contributed by atoms with van der Waals surface area (Å²) >= 11 is 0. The summed E-state index contributed by atoms with van der Waals surface area (Å²) in [6.45, 7) is 4.28. The van der Waals surface area contributed by atoms with Gasteiger partial charge in [-0.15, -0.1) is 0 Å². The Morgan fingerprint density at radius 3 is 2.68 bits per heavy atom. The molecule has 1 fully saturated rings. The lowest BCUT2D eigenvalue weighted by Gasteiger charge is -2.26. The number of nitrogens with zero attached hydrogens (tertiary/aromatic N) is 3. The molecule has 28 heavy (non-hydrogen) atoms. The van der Waals surface area contributed by atoms with Gasteiger partial charge in [-0.05, 0) is 26.0 Å². The first-order chi connectivity index (χ1) is 13.3. The summed E-state index contributed by atoms with van der Waals surface area (Å²) in [6.07, 6.45) is 1.58. The Bertz CT molecular complexity index is 994. The fourth-order valence-electron chi connectivity index (χ4n) is 3.79. The molecule has 1 aromatic carbocycles. The lowest BCUT2D eigenvalue weighted by atomic mass is 10.00. The largest absolute Gasteiger partial charge is 0.336 e. The van der Waals surface area contributed by atoms with Crippen molar-refractivity contribution in [3.05, 3.63) is 47.8 Å². The first-order valence-corrected chi connectivity index (χ1v) is 11.0. The SMILES string of the molecule is CC(C)NC(=O)N1C[C@H]2c3nc(Nc4ccccc4)ncc3CS(=O)(=O)[C@H]2C1. The summed E-state index contributed by atoms with van der Waals surface area (Å²) in [5, 5.41) is 5.36. The van der Waals surface area contributed by atoms with Crippen LogP contribution in [0.5, 0.6) is 0 Å². The molecule has 3 heterocycles. The highest BCUT2D eigenvalue weighted by Gasteiger charge is 2.48. The standard InChI is InChI=1S/C19H23N5O3S/c1-12(2)21-19(25)24-9-15-16(10-24)28(26,27)11-13-8-20-18(23-17(13)15)22-14-6-4-3-5-7-14/h3-8,12,15-16H,9-11H2,1-2H3,(H,21,25)(H,20,22,23)/t15-,16+/m1/s1. The second-order valence-corrected chi connectivity index (χ2v) is 9.78. The second kappa shape index (κ2) is 7.05. The van der Waals surface area contributed by atoms with Crippen LogP contribution >= 0.6 is 0 Å². The van der Waals surface area contributed by atoms with Crippen molar-refractivity contribution in [2.45, 2.75) is 36.8 Å². The van der Waals surface area contributed by atoms with Gasteiger partial charge < -0.3 is 15.5 Å². The molecule has 4 rings (SSSR count). The first kappa shape index (κ1) is 18.7. The molecule has 1 aromatic heterocycles. The Morgan fingerprint density at radius 1 is 1.21 bits per heavy atom. The van der Waals surface area contributed by atoms with Crippen LogP contribution in [0, 0.1) is 0 Å². The summed E-state index contributed by atoms with van der Waals surface area (Å²) in [4.78, 5) is 22.9. The van der Waals surface area contributed by atoms with E-state index < -0.39 is 15.1 Å². The predicted molar refractivity (Wildman–Crippen MR) is 106 cm³/mol. The number of para-hydroxylation sites is 1. The van der Waals surface area contributed by atoms with Crippen molar-refractivity contribution in [1.82, 2.24) is 20.2 Å². The molecule has 2 aromatic rings. The van der Waals surface area contributed by atoms with E-state index in [4.69, 9.17) is 0 Å². The fraction of sp³-hybridized carbons (Fsp3) is 0.421. The number of amides is 2. The molecule has 2 atom stereocenters. The highest BCUT2D eigenvalue weighted by atomic mass is 32.2. The zero-order chi connectivity index (χ0) is 19.9. The quantitative estimate of drug-likeness (QED) is 0.816. The molecule has 0 unspecified atom stereocenters. The van der Waals surface area contributed by atoms with Crippen LogP contribution in [0.25, 0.3) is 0 Å². The lowest BCUT2D eigenvalue weighted by Crippen LogP contribution is -2.42. The first-order valence-electron chi connectivity index (χ1n) is 9.28. The molecule has 2 N–H and O–H groups in total. The zero-order valence-electron chi connectivity index (χ0n) is 15.8. The molecular formula is C19H23N5O3S. The number of likely N-dealkylation sites (tertiary alicyclic amines) is 1. The van der Waals surface area contributed by atoms with Crippen molar-refractivity contribution >= 4 is 27.5 Å². The third kappa shape index (κ3) is 3.54. The number of hydrogen-bond acceptors (Lipinski definition) is 6. The molecule has 2 aliphatic rings. The Labute approximate surface area is 164 Å². The number of anilines is 2. The van der Waals surface area contributed by atoms with Gasteiger partial charge in [0, 0.05) is 42.5 Å². The normalized spacial score (nSPS) is 22.5. The number of benzene rings is 1. The third-order valence-electron chi connectivity index (χ3n) is 5.06. The molecule has 9 heteroatoms. The fourth-order valence-corrected chi connectivity index (χ4v) is 5.78. The third-order valence-corrected chi connectivity index (χ3v) is 7.18. The molecule has 0 radical (unpaired) electrons. The van der Waals surface area contributed by atoms with Gasteiger partial charge in [0.25, 0.3) is 0 Å². The number of carbonyl (C=O) groups excluding carboxylic acids is 1. The molecule has 0 bridgehead atoms. The van der Waals surface area contributed by atoms with Gasteiger partial charge in [0.2, 0.25) is 5.95 Å². The maximum absolute atomic E-state index is 12.8. The van der Waals surface area contributed by atoms with Crippen LogP contribution in [0.2, 0.25) is 0 Å². The van der Waals surface area contributed by atoms with Gasteiger partial charge >= 0.3 is 6.03 Å². The molecule has 0 aliphatic carbocycles. The Balaban J connectivity index is 1.64. The van der Waals surface area contributed by atoms with Crippen LogP contribution in [-0.4, -0.2) is 53.7 Å². The van der Waals surface area contributed by atoms with Gasteiger partial charge in [-0.25, -0.2) is 23.2 Å². The molecule has 2 amide bonds. The number of aromatic nitrogens is 2. The van der Waals surface area contributed by atoms with E-state index in [1.807, 2.05) is 44.2 Å². The van der Waals surface area contributed by atoms with E-state index in [1.54, 1.807) is 11.1 Å². The van der Waals surface area contributed by atoms with Gasteiger partial charge in [-0.3, -0.25) is 0 Å². The minimum absolute atomic E-state index is 0.0111. The Kier molecular flexibility index (Phi) is 4.70. The Hall–Kier alpha value is -2.68. The van der Waals surface area contributed by atoms with Crippen LogP contribution < -0.4 is 10.6 Å². The van der Waals surface area contributed by atoms with Gasteiger partial charge in [0.15, 0.2) is 9.84 Å². The maximum atomic E-state index is 12.8. The smallest absolute Gasteiger partial charge is 0.317 e. The number of carbonyl (C=O) groups is 1. The highest BCUT2D eigenvalue weighted by molar-refractivity contribution is 7.91. The minimum Gasteiger partial charge on any atom is -0.336 e. The lowest BCUT2D eigenvalue weighted by molar-refractivity contribution is 0.205. The summed E-state index contributed by atoms with van der Waals surface area (Å²) in [5.41, 5.74) is 2.19. The van der Waals surface area contributed by atoms with Crippen molar-refractivity contribution < 1.29 is 13.2 Å². The van der Waals surface area contributed by atoms with Crippen LogP contribution in [-0.2, 0) is 15.6 Å². The van der Waals surface area contributed by atoms with E-state index in [0.717, 1.165) is 5.69 Å². The number of hydrogen-bond donors (Lipinski definition) is 2. The van der Waals surface area contributed by atoms with Crippen molar-refractivity contribution in [2.24, 2.45) is 0 Å². The summed E-state index contributed by atoms with van der Waals surface area (Å²) in [7, 11) is -3.36. The molecule has 1 saturated heterocycles. The molecule has 0 saturated carbocycles. The van der Waals surface area contributed by atoms with Crippen LogP contribution in [0.4, 0.5) is 16.4 Å². The van der Waals surface area contributed by atoms with Crippen LogP contribution in [0.15, 0.2) is 36.5 Å². The van der Waals surface area contributed by atoms with Crippen molar-refractivity contribution in [1.29, 1.82) is 0 Å². The van der Waals surface area contributed by atoms with Crippen LogP contribution in [0.1, 0.15) is 31.0 Å². The highest BCUT2D eigenvalue weighted by Crippen LogP contribution is 2.39. The van der Waals surface area contributed by atoms with Gasteiger partial charge in [-0.2, -0.15) is 0 Å². The summed E-state index contributed by atoms with van der Waals surface area (Å²) < 4.78 is 25.5. The average Bonchev–Trinajstić information content (AvgIpc) is 3.10. The van der Waals surface area contributed by atoms with E-state index in [9.17, 15) is 13.2 Å². The predicted octanol–water partition coefficient (Wildman–Crippen LogP) is 2.03. The summed E-state index contributed by atoms with van der Waals surface area (Å²) in [6, 6.07) is 9.30. The zero-order valence-corrected chi connectivity index (χ0v) is 16.6. The van der Waals surface area contributed by atoms with Gasteiger partial charge in [0.05, 0.1) is 16.7 Å². The molecule has 148 valence electrons. The second-order valence-electron chi connectivity index (χ2n) is 7.56. The molecule has 2 aliphatic heterocycles. The maximum Gasteiger partial charge on any atom is 0.317 e. The molecule has 0 spiro atoms. The van der Waals surface area contributed by atoms with E-state index in [2.05, 4.69) is 20.6 Å². The van der Waals surface area contributed by atoms with Crippen molar-refractivity contribution in [2.75, 3.05) is 18.4 Å². The average molecular weight is 401 g/mol. The number of fused-ring (bicyclic) bond motifs is 3. The van der Waals surface area contributed by atoms with Gasteiger partial charge in [0.1, 0.15) is 0 Å². The van der Waals surface area contributed by atoms with Gasteiger partial charge in [-0.1, -0.05) is 18.2 Å². The summed E-state index contributed by atoms with van der Waals surface area (Å²) in [5.74, 6) is -0.00607. The number of sulfone groups is 1.